The molecule has 0 saturated heterocycles. The molecule has 0 aliphatic carbocycles. The maximum Gasteiger partial charge on any atom is 0.0512 e. The van der Waals surface area contributed by atoms with Crippen molar-refractivity contribution in [2.24, 2.45) is 0 Å². The summed E-state index contributed by atoms with van der Waals surface area (Å²) in [6.07, 6.45) is 2.03. The quantitative estimate of drug-likeness (QED) is 0.603. The normalized spacial score (nSPS) is 18.7. The summed E-state index contributed by atoms with van der Waals surface area (Å²) in [5.41, 5.74) is 0.805. The third-order valence-corrected chi connectivity index (χ3v) is 2.78. The van der Waals surface area contributed by atoms with Gasteiger partial charge in [-0.05, 0) is 32.1 Å². The van der Waals surface area contributed by atoms with E-state index in [9.17, 15) is 0 Å². The van der Waals surface area contributed by atoms with Gasteiger partial charge in [0.05, 0.1) is 6.10 Å². The summed E-state index contributed by atoms with van der Waals surface area (Å²) < 4.78 is 0. The van der Waals surface area contributed by atoms with Crippen LogP contribution in [0.15, 0.2) is 0 Å². The smallest absolute Gasteiger partial charge is 0.0512 e. The highest BCUT2D eigenvalue weighted by Crippen LogP contribution is 2.18. The summed E-state index contributed by atoms with van der Waals surface area (Å²) >= 11 is 0. The average molecular weight is 148 g/mol. The third-order valence-electron chi connectivity index (χ3n) is 1.51. The molecule has 1 nitrogen and oxygen atoms in total. The van der Waals surface area contributed by atoms with E-state index in [0.717, 1.165) is 20.7 Å². The molecular formula is C7H17OP. The van der Waals surface area contributed by atoms with Gasteiger partial charge >= 0.3 is 0 Å². The van der Waals surface area contributed by atoms with Crippen molar-refractivity contribution in [1.82, 2.24) is 0 Å². The lowest BCUT2D eigenvalue weighted by Crippen LogP contribution is -2.03. The van der Waals surface area contributed by atoms with Crippen molar-refractivity contribution in [1.29, 1.82) is 0 Å². The minimum Gasteiger partial charge on any atom is -0.393 e. The van der Waals surface area contributed by atoms with E-state index in [1.807, 2.05) is 6.92 Å². The highest BCUT2D eigenvalue weighted by molar-refractivity contribution is 7.37. The molecule has 0 amide bonds. The largest absolute Gasteiger partial charge is 0.393 e. The lowest BCUT2D eigenvalue weighted by atomic mass is 10.2. The van der Waals surface area contributed by atoms with Crippen LogP contribution in [0.1, 0.15) is 26.7 Å². The molecule has 0 aliphatic heterocycles. The number of hydrogen-bond acceptors (Lipinski definition) is 1. The molecule has 0 fully saturated rings. The van der Waals surface area contributed by atoms with Crippen LogP contribution >= 0.6 is 8.58 Å². The molecule has 0 aliphatic rings. The summed E-state index contributed by atoms with van der Waals surface area (Å²) in [4.78, 5) is 0. The Bertz CT molecular complexity index is 63.9. The maximum absolute atomic E-state index is 8.90. The Morgan fingerprint density at radius 1 is 1.33 bits per heavy atom. The van der Waals surface area contributed by atoms with E-state index in [4.69, 9.17) is 5.11 Å². The van der Waals surface area contributed by atoms with Crippen LogP contribution in [0, 0.1) is 0 Å². The second kappa shape index (κ2) is 5.20. The Labute approximate surface area is 59.6 Å². The second-order valence-corrected chi connectivity index (χ2v) is 4.18. The molecule has 0 heterocycles. The van der Waals surface area contributed by atoms with Crippen LogP contribution in [0.5, 0.6) is 0 Å². The Morgan fingerprint density at radius 2 is 1.89 bits per heavy atom. The number of hydrogen-bond donors (Lipinski definition) is 1. The standard InChI is InChI=1S/C7H17OP/c1-6(8)4-5-7(2)9-3/h6-9H,4-5H2,1-3H3. The SMILES string of the molecule is CPC(C)CCC(C)O. The molecule has 0 bridgehead atoms. The molecule has 0 aromatic carbocycles. The molecule has 0 spiro atoms. The van der Waals surface area contributed by atoms with Crippen LogP contribution in [0.2, 0.25) is 0 Å². The summed E-state index contributed by atoms with van der Waals surface area (Å²) in [6, 6.07) is 0. The van der Waals surface area contributed by atoms with Gasteiger partial charge in [-0.15, -0.1) is 8.58 Å². The first-order chi connectivity index (χ1) is 4.16. The first-order valence-corrected chi connectivity index (χ1v) is 5.10. The molecule has 0 rings (SSSR count). The van der Waals surface area contributed by atoms with Crippen molar-refractivity contribution in [2.75, 3.05) is 6.66 Å². The van der Waals surface area contributed by atoms with Crippen LogP contribution in [0.25, 0.3) is 0 Å². The minimum absolute atomic E-state index is 0.108. The van der Waals surface area contributed by atoms with Crippen molar-refractivity contribution >= 4 is 8.58 Å². The highest BCUT2D eigenvalue weighted by atomic mass is 31.1. The van der Waals surface area contributed by atoms with Crippen LogP contribution in [0.3, 0.4) is 0 Å². The number of aliphatic hydroxyl groups is 1. The molecular weight excluding hydrogens is 131 g/mol. The predicted molar refractivity (Wildman–Crippen MR) is 44.6 cm³/mol. The van der Waals surface area contributed by atoms with Crippen LogP contribution in [0.4, 0.5) is 0 Å². The Kier molecular flexibility index (Phi) is 5.42. The van der Waals surface area contributed by atoms with Gasteiger partial charge in [-0.1, -0.05) is 6.92 Å². The topological polar surface area (TPSA) is 20.2 Å². The average Bonchev–Trinajstić information content (AvgIpc) is 1.83. The summed E-state index contributed by atoms with van der Waals surface area (Å²) in [6.45, 7) is 6.30. The number of rotatable bonds is 4. The second-order valence-electron chi connectivity index (χ2n) is 2.62. The molecule has 0 radical (unpaired) electrons. The fraction of sp³-hybridized carbons (Fsp3) is 1.00. The minimum atomic E-state index is -0.108. The van der Waals surface area contributed by atoms with E-state index in [1.54, 1.807) is 0 Å². The van der Waals surface area contributed by atoms with Crippen molar-refractivity contribution < 1.29 is 5.11 Å². The monoisotopic (exact) mass is 148 g/mol. The van der Waals surface area contributed by atoms with Gasteiger partial charge < -0.3 is 5.11 Å². The van der Waals surface area contributed by atoms with Crippen molar-refractivity contribution in [3.63, 3.8) is 0 Å². The van der Waals surface area contributed by atoms with Gasteiger partial charge in [-0.25, -0.2) is 0 Å². The van der Waals surface area contributed by atoms with Gasteiger partial charge in [-0.2, -0.15) is 0 Å². The molecule has 0 saturated carbocycles. The predicted octanol–water partition coefficient (Wildman–Crippen LogP) is 1.84. The summed E-state index contributed by atoms with van der Waals surface area (Å²) in [5, 5.41) is 8.90. The zero-order valence-corrected chi connectivity index (χ0v) is 7.52. The van der Waals surface area contributed by atoms with Gasteiger partial charge in [-0.3, -0.25) is 0 Å². The molecule has 9 heavy (non-hydrogen) atoms. The van der Waals surface area contributed by atoms with Crippen LogP contribution in [-0.4, -0.2) is 23.5 Å². The molecule has 2 heteroatoms. The van der Waals surface area contributed by atoms with Crippen LogP contribution in [-0.2, 0) is 0 Å². The molecule has 0 aromatic rings. The molecule has 3 unspecified atom stereocenters. The Morgan fingerprint density at radius 3 is 2.22 bits per heavy atom. The van der Waals surface area contributed by atoms with Gasteiger partial charge in [0.25, 0.3) is 0 Å². The van der Waals surface area contributed by atoms with E-state index in [2.05, 4.69) is 13.6 Å². The lowest BCUT2D eigenvalue weighted by Gasteiger charge is -2.08. The third kappa shape index (κ3) is 6.27. The van der Waals surface area contributed by atoms with E-state index < -0.39 is 0 Å². The first-order valence-electron chi connectivity index (χ1n) is 3.52. The van der Waals surface area contributed by atoms with Gasteiger partial charge in [0, 0.05) is 0 Å². The molecule has 3 atom stereocenters. The van der Waals surface area contributed by atoms with E-state index in [1.165, 1.54) is 6.42 Å². The van der Waals surface area contributed by atoms with Gasteiger partial charge in [0.1, 0.15) is 0 Å². The van der Waals surface area contributed by atoms with Gasteiger partial charge in [0.2, 0.25) is 0 Å². The Balaban J connectivity index is 3.06. The van der Waals surface area contributed by atoms with Crippen LogP contribution < -0.4 is 0 Å². The fourth-order valence-electron chi connectivity index (χ4n) is 0.636. The maximum atomic E-state index is 8.90. The summed E-state index contributed by atoms with van der Waals surface area (Å²) in [5.74, 6) is 0. The van der Waals surface area contributed by atoms with E-state index >= 15 is 0 Å². The molecule has 1 N–H and O–H groups in total. The Hall–Kier alpha value is 0.390. The molecule has 56 valence electrons. The lowest BCUT2D eigenvalue weighted by molar-refractivity contribution is 0.181. The highest BCUT2D eigenvalue weighted by Gasteiger charge is 2.00. The fourth-order valence-corrected chi connectivity index (χ4v) is 1.09. The summed E-state index contributed by atoms with van der Waals surface area (Å²) in [7, 11) is 1.02. The van der Waals surface area contributed by atoms with E-state index in [-0.39, 0.29) is 6.10 Å². The molecule has 0 aromatic heterocycles. The van der Waals surface area contributed by atoms with Crippen molar-refractivity contribution in [3.8, 4) is 0 Å². The van der Waals surface area contributed by atoms with E-state index in [0.29, 0.717) is 0 Å². The van der Waals surface area contributed by atoms with Gasteiger partial charge in [0.15, 0.2) is 0 Å². The van der Waals surface area contributed by atoms with Crippen molar-refractivity contribution in [3.05, 3.63) is 0 Å². The first kappa shape index (κ1) is 9.39. The zero-order valence-electron chi connectivity index (χ0n) is 6.52. The number of aliphatic hydroxyl groups excluding tert-OH is 1. The van der Waals surface area contributed by atoms with Crippen molar-refractivity contribution in [2.45, 2.75) is 38.5 Å². The zero-order chi connectivity index (χ0) is 7.28.